The first kappa shape index (κ1) is 31.6. The van der Waals surface area contributed by atoms with E-state index in [1.807, 2.05) is 0 Å². The Labute approximate surface area is 234 Å². The summed E-state index contributed by atoms with van der Waals surface area (Å²) in [6.07, 6.45) is -21.9. The van der Waals surface area contributed by atoms with E-state index in [-0.39, 0.29) is 11.1 Å². The Hall–Kier alpha value is -4.36. The number of phenols is 2. The molecular weight excluding hydrogens is 608 g/mol. The highest BCUT2D eigenvalue weighted by Gasteiger charge is 2.72. The van der Waals surface area contributed by atoms with Gasteiger partial charge in [-0.05, 0) is 70.8 Å². The number of benzene rings is 4. The highest BCUT2D eigenvalue weighted by Crippen LogP contribution is 2.57. The number of hydrogen-bond donors (Lipinski definition) is 2. The van der Waals surface area contributed by atoms with Crippen molar-refractivity contribution in [2.75, 3.05) is 0 Å². The van der Waals surface area contributed by atoms with Crippen LogP contribution in [0.5, 0.6) is 11.5 Å². The Morgan fingerprint density at radius 2 is 0.651 bits per heavy atom. The number of halogens is 12. The van der Waals surface area contributed by atoms with Crippen LogP contribution in [0.2, 0.25) is 0 Å². The predicted molar refractivity (Wildman–Crippen MR) is 130 cm³/mol. The summed E-state index contributed by atoms with van der Waals surface area (Å²) in [7, 11) is 0. The molecule has 0 heterocycles. The van der Waals surface area contributed by atoms with Gasteiger partial charge in [0.2, 0.25) is 5.41 Å². The lowest BCUT2D eigenvalue weighted by Crippen LogP contribution is -2.54. The molecule has 0 aliphatic rings. The van der Waals surface area contributed by atoms with Gasteiger partial charge in [-0.1, -0.05) is 36.4 Å². The highest BCUT2D eigenvalue weighted by atomic mass is 19.4. The van der Waals surface area contributed by atoms with E-state index in [9.17, 15) is 62.9 Å². The molecule has 0 fully saturated rings. The molecule has 4 aromatic carbocycles. The molecule has 0 saturated carbocycles. The zero-order valence-corrected chi connectivity index (χ0v) is 21.0. The van der Waals surface area contributed by atoms with Crippen LogP contribution in [0.1, 0.15) is 22.3 Å². The molecule has 0 saturated heterocycles. The van der Waals surface area contributed by atoms with Crippen LogP contribution < -0.4 is 0 Å². The maximum Gasteiger partial charge on any atom is 0.416 e. The van der Waals surface area contributed by atoms with Gasteiger partial charge in [-0.15, -0.1) is 0 Å². The van der Waals surface area contributed by atoms with E-state index in [1.165, 1.54) is 0 Å². The number of hydrogen-bond acceptors (Lipinski definition) is 2. The maximum atomic E-state index is 14.8. The normalized spacial score (nSPS) is 13.3. The fourth-order valence-corrected chi connectivity index (χ4v) is 4.66. The molecule has 0 radical (unpaired) electrons. The second kappa shape index (κ2) is 10.4. The third-order valence-electron chi connectivity index (χ3n) is 6.76. The van der Waals surface area contributed by atoms with Crippen LogP contribution in [-0.2, 0) is 17.8 Å². The second-order valence-electron chi connectivity index (χ2n) is 9.36. The van der Waals surface area contributed by atoms with Crippen molar-refractivity contribution in [2.24, 2.45) is 0 Å². The Morgan fingerprint density at radius 3 is 0.907 bits per heavy atom. The molecule has 228 valence electrons. The molecule has 2 N–H and O–H groups in total. The molecule has 0 aliphatic heterocycles. The smallest absolute Gasteiger partial charge is 0.416 e. The molecular formula is C29H16F12O2. The van der Waals surface area contributed by atoms with Crippen LogP contribution in [-0.4, -0.2) is 22.6 Å². The zero-order valence-electron chi connectivity index (χ0n) is 21.0. The molecule has 0 unspecified atom stereocenters. The molecule has 0 aromatic heterocycles. The minimum absolute atomic E-state index is 0.332. The molecule has 0 atom stereocenters. The molecule has 4 aromatic rings. The van der Waals surface area contributed by atoms with Gasteiger partial charge in [-0.25, -0.2) is 0 Å². The molecule has 0 spiro atoms. The van der Waals surface area contributed by atoms with Crippen molar-refractivity contribution in [3.63, 3.8) is 0 Å². The van der Waals surface area contributed by atoms with Gasteiger partial charge in [-0.2, -0.15) is 52.7 Å². The lowest BCUT2D eigenvalue weighted by molar-refractivity contribution is -0.288. The Balaban J connectivity index is 1.97. The zero-order chi connectivity index (χ0) is 32.2. The van der Waals surface area contributed by atoms with Gasteiger partial charge in [0.25, 0.3) is 0 Å². The molecule has 0 bridgehead atoms. The van der Waals surface area contributed by atoms with E-state index in [0.29, 0.717) is 60.7 Å². The van der Waals surface area contributed by atoms with Crippen LogP contribution in [0.25, 0.3) is 22.3 Å². The van der Waals surface area contributed by atoms with Crippen molar-refractivity contribution in [1.29, 1.82) is 0 Å². The van der Waals surface area contributed by atoms with Crippen LogP contribution in [0, 0.1) is 0 Å². The van der Waals surface area contributed by atoms with E-state index in [1.54, 1.807) is 0 Å². The number of phenolic OH excluding ortho intramolecular Hbond substituents is 2. The molecule has 4 rings (SSSR count). The molecule has 0 amide bonds. The van der Waals surface area contributed by atoms with E-state index >= 15 is 0 Å². The van der Waals surface area contributed by atoms with Gasteiger partial charge >= 0.3 is 24.7 Å². The first-order valence-corrected chi connectivity index (χ1v) is 11.8. The first-order chi connectivity index (χ1) is 19.7. The number of rotatable bonds is 4. The Morgan fingerprint density at radius 1 is 0.372 bits per heavy atom. The number of alkyl halides is 12. The van der Waals surface area contributed by atoms with Gasteiger partial charge in [0.15, 0.2) is 0 Å². The van der Waals surface area contributed by atoms with E-state index in [2.05, 4.69) is 0 Å². The average molecular weight is 624 g/mol. The van der Waals surface area contributed by atoms with Gasteiger partial charge in [0.1, 0.15) is 11.5 Å². The van der Waals surface area contributed by atoms with Gasteiger partial charge in [-0.3, -0.25) is 0 Å². The summed E-state index contributed by atoms with van der Waals surface area (Å²) in [4.78, 5) is 0. The predicted octanol–water partition coefficient (Wildman–Crippen LogP) is 9.88. The summed E-state index contributed by atoms with van der Waals surface area (Å²) >= 11 is 0. The maximum absolute atomic E-state index is 14.8. The standard InChI is InChI=1S/C29H16F12O2/c30-26(31,32)17-5-1-15(2-6-17)21-13-19(9-11-23(21)42)25(28(36,37)38,29(39,40)41)20-10-12-24(43)22(14-20)16-3-7-18(8-4-16)27(33,34)35/h1-14,42-43H. The van der Waals surface area contributed by atoms with Gasteiger partial charge in [0, 0.05) is 11.1 Å². The van der Waals surface area contributed by atoms with E-state index < -0.39 is 75.0 Å². The van der Waals surface area contributed by atoms with Crippen molar-refractivity contribution in [3.8, 4) is 33.8 Å². The second-order valence-corrected chi connectivity index (χ2v) is 9.36. The summed E-state index contributed by atoms with van der Waals surface area (Å²) in [5.41, 5.74) is -12.1. The number of aromatic hydroxyl groups is 2. The fourth-order valence-electron chi connectivity index (χ4n) is 4.66. The summed E-state index contributed by atoms with van der Waals surface area (Å²) in [6.45, 7) is 0. The largest absolute Gasteiger partial charge is 0.507 e. The molecule has 0 aliphatic carbocycles. The average Bonchev–Trinajstić information content (AvgIpc) is 2.88. The summed E-state index contributed by atoms with van der Waals surface area (Å²) in [6, 6.07) is 7.53. The van der Waals surface area contributed by atoms with Crippen LogP contribution in [0.3, 0.4) is 0 Å². The lowest BCUT2D eigenvalue weighted by atomic mass is 9.71. The Kier molecular flexibility index (Phi) is 7.65. The summed E-state index contributed by atoms with van der Waals surface area (Å²) in [5.74, 6) is -1.67. The minimum Gasteiger partial charge on any atom is -0.507 e. The highest BCUT2D eigenvalue weighted by molar-refractivity contribution is 5.74. The SMILES string of the molecule is Oc1ccc(C(c2ccc(O)c(-c3ccc(C(F)(F)F)cc3)c2)(C(F)(F)F)C(F)(F)F)cc1-c1ccc(C(F)(F)F)cc1. The van der Waals surface area contributed by atoms with Gasteiger partial charge in [0.05, 0.1) is 11.1 Å². The Bertz CT molecular complexity index is 1490. The van der Waals surface area contributed by atoms with Crippen molar-refractivity contribution < 1.29 is 62.9 Å². The fraction of sp³-hybridized carbons (Fsp3) is 0.172. The molecule has 2 nitrogen and oxygen atoms in total. The minimum atomic E-state index is -6.14. The molecule has 43 heavy (non-hydrogen) atoms. The summed E-state index contributed by atoms with van der Waals surface area (Å²) in [5, 5.41) is 20.5. The van der Waals surface area contributed by atoms with Gasteiger partial charge < -0.3 is 10.2 Å². The topological polar surface area (TPSA) is 40.5 Å². The third kappa shape index (κ3) is 5.69. The van der Waals surface area contributed by atoms with E-state index in [0.717, 1.165) is 24.3 Å². The van der Waals surface area contributed by atoms with Crippen LogP contribution >= 0.6 is 0 Å². The van der Waals surface area contributed by atoms with Crippen molar-refractivity contribution in [1.82, 2.24) is 0 Å². The lowest BCUT2D eigenvalue weighted by Gasteiger charge is -2.39. The van der Waals surface area contributed by atoms with Crippen LogP contribution in [0.4, 0.5) is 52.7 Å². The quantitative estimate of drug-likeness (QED) is 0.222. The van der Waals surface area contributed by atoms with Crippen LogP contribution in [0.15, 0.2) is 84.9 Å². The van der Waals surface area contributed by atoms with Crippen molar-refractivity contribution >= 4 is 0 Å². The van der Waals surface area contributed by atoms with Crippen molar-refractivity contribution in [3.05, 3.63) is 107 Å². The monoisotopic (exact) mass is 624 g/mol. The van der Waals surface area contributed by atoms with Crippen molar-refractivity contribution in [2.45, 2.75) is 30.1 Å². The molecule has 14 heteroatoms. The first-order valence-electron chi connectivity index (χ1n) is 11.8. The summed E-state index contributed by atoms with van der Waals surface area (Å²) < 4.78 is 166. The third-order valence-corrected chi connectivity index (χ3v) is 6.76. The van der Waals surface area contributed by atoms with E-state index in [4.69, 9.17) is 0 Å².